The van der Waals surface area contributed by atoms with Gasteiger partial charge in [-0.25, -0.2) is 0 Å². The van der Waals surface area contributed by atoms with Gasteiger partial charge >= 0.3 is 0 Å². The molecule has 1 amide bonds. The van der Waals surface area contributed by atoms with Gasteiger partial charge in [0.25, 0.3) is 0 Å². The molecule has 0 aliphatic carbocycles. The molecular formula is C20H33Cl2N3O3. The summed E-state index contributed by atoms with van der Waals surface area (Å²) < 4.78 is 11.3. The maximum Gasteiger partial charge on any atom is 0.220 e. The number of amides is 1. The predicted molar refractivity (Wildman–Crippen MR) is 116 cm³/mol. The van der Waals surface area contributed by atoms with E-state index in [1.165, 1.54) is 6.42 Å². The Kier molecular flexibility index (Phi) is 12.5. The Balaban J connectivity index is 0.00000196. The van der Waals surface area contributed by atoms with Crippen LogP contribution in [-0.2, 0) is 16.1 Å². The van der Waals surface area contributed by atoms with Crippen molar-refractivity contribution in [3.8, 4) is 5.75 Å². The summed E-state index contributed by atoms with van der Waals surface area (Å²) in [6, 6.07) is 7.96. The zero-order chi connectivity index (χ0) is 18.0. The van der Waals surface area contributed by atoms with Crippen molar-refractivity contribution in [1.82, 2.24) is 15.5 Å². The van der Waals surface area contributed by atoms with E-state index in [-0.39, 0.29) is 30.7 Å². The topological polar surface area (TPSA) is 62.8 Å². The lowest BCUT2D eigenvalue weighted by Crippen LogP contribution is -2.38. The molecule has 0 radical (unpaired) electrons. The molecule has 0 bridgehead atoms. The highest BCUT2D eigenvalue weighted by atomic mass is 35.5. The van der Waals surface area contributed by atoms with Crippen molar-refractivity contribution >= 4 is 30.7 Å². The van der Waals surface area contributed by atoms with Gasteiger partial charge in [0.15, 0.2) is 0 Å². The van der Waals surface area contributed by atoms with E-state index in [2.05, 4.69) is 15.5 Å². The molecule has 28 heavy (non-hydrogen) atoms. The van der Waals surface area contributed by atoms with Crippen LogP contribution in [0.25, 0.3) is 0 Å². The number of nitrogens with zero attached hydrogens (tertiary/aromatic N) is 1. The molecule has 1 aromatic carbocycles. The molecule has 1 aromatic rings. The van der Waals surface area contributed by atoms with E-state index in [9.17, 15) is 4.79 Å². The quantitative estimate of drug-likeness (QED) is 0.625. The van der Waals surface area contributed by atoms with Crippen LogP contribution < -0.4 is 15.4 Å². The van der Waals surface area contributed by atoms with Crippen LogP contribution in [-0.4, -0.2) is 63.4 Å². The second-order valence-corrected chi connectivity index (χ2v) is 7.08. The van der Waals surface area contributed by atoms with Crippen LogP contribution in [0.2, 0.25) is 0 Å². The zero-order valence-electron chi connectivity index (χ0n) is 16.4. The van der Waals surface area contributed by atoms with Crippen LogP contribution in [0.4, 0.5) is 0 Å². The highest BCUT2D eigenvalue weighted by Crippen LogP contribution is 2.18. The van der Waals surface area contributed by atoms with Gasteiger partial charge in [0.05, 0.1) is 13.2 Å². The average Bonchev–Trinajstić information content (AvgIpc) is 3.20. The maximum atomic E-state index is 12.1. The number of carbonyl (C=O) groups excluding carboxylic acids is 1. The number of carbonyl (C=O) groups is 1. The van der Waals surface area contributed by atoms with Gasteiger partial charge in [0.1, 0.15) is 12.4 Å². The molecule has 2 saturated heterocycles. The molecule has 2 aliphatic heterocycles. The third kappa shape index (κ3) is 8.53. The molecule has 0 saturated carbocycles. The molecule has 0 aromatic heterocycles. The molecule has 2 N–H and O–H groups in total. The number of hydrogen-bond acceptors (Lipinski definition) is 5. The molecule has 160 valence electrons. The van der Waals surface area contributed by atoms with Crippen molar-refractivity contribution < 1.29 is 14.3 Å². The van der Waals surface area contributed by atoms with E-state index in [4.69, 9.17) is 9.47 Å². The standard InChI is InChI=1S/C20H31N3O3.2ClH/c24-20(6-5-17-7-8-21-15-17)22-16-18-3-1-2-4-19(18)26-14-11-23-9-12-25-13-10-23;;/h1-4,17,21H,5-16H2,(H,22,24);2*1H. The third-order valence-electron chi connectivity index (χ3n) is 5.16. The smallest absolute Gasteiger partial charge is 0.220 e. The molecule has 3 rings (SSSR count). The van der Waals surface area contributed by atoms with Crippen LogP contribution >= 0.6 is 24.8 Å². The average molecular weight is 434 g/mol. The molecule has 1 atom stereocenters. The van der Waals surface area contributed by atoms with Crippen LogP contribution in [0.3, 0.4) is 0 Å². The highest BCUT2D eigenvalue weighted by Gasteiger charge is 2.16. The molecule has 8 heteroatoms. The molecule has 2 fully saturated rings. The van der Waals surface area contributed by atoms with Gasteiger partial charge in [-0.2, -0.15) is 0 Å². The van der Waals surface area contributed by atoms with Gasteiger partial charge in [0, 0.05) is 38.2 Å². The monoisotopic (exact) mass is 433 g/mol. The first kappa shape index (κ1) is 25.0. The van der Waals surface area contributed by atoms with Crippen molar-refractivity contribution in [2.24, 2.45) is 5.92 Å². The zero-order valence-corrected chi connectivity index (χ0v) is 18.0. The molecular weight excluding hydrogens is 401 g/mol. The van der Waals surface area contributed by atoms with Gasteiger partial charge in [0.2, 0.25) is 5.91 Å². The summed E-state index contributed by atoms with van der Waals surface area (Å²) in [5.74, 6) is 1.64. The van der Waals surface area contributed by atoms with E-state index in [0.29, 0.717) is 25.5 Å². The predicted octanol–water partition coefficient (Wildman–Crippen LogP) is 2.25. The lowest BCUT2D eigenvalue weighted by molar-refractivity contribution is -0.121. The minimum Gasteiger partial charge on any atom is -0.492 e. The maximum absolute atomic E-state index is 12.1. The number of para-hydroxylation sites is 1. The summed E-state index contributed by atoms with van der Waals surface area (Å²) in [6.45, 7) is 7.76. The van der Waals surface area contributed by atoms with Crippen LogP contribution in [0.1, 0.15) is 24.8 Å². The number of rotatable bonds is 9. The first-order valence-electron chi connectivity index (χ1n) is 9.79. The van der Waals surface area contributed by atoms with Gasteiger partial charge in [-0.3, -0.25) is 9.69 Å². The van der Waals surface area contributed by atoms with Crippen molar-refractivity contribution in [2.45, 2.75) is 25.8 Å². The van der Waals surface area contributed by atoms with E-state index in [1.807, 2.05) is 24.3 Å². The summed E-state index contributed by atoms with van der Waals surface area (Å²) in [5.41, 5.74) is 1.03. The third-order valence-corrected chi connectivity index (χ3v) is 5.16. The van der Waals surface area contributed by atoms with Crippen molar-refractivity contribution in [1.29, 1.82) is 0 Å². The number of nitrogens with one attached hydrogen (secondary N) is 2. The number of morpholine rings is 1. The van der Waals surface area contributed by atoms with E-state index < -0.39 is 0 Å². The largest absolute Gasteiger partial charge is 0.492 e. The summed E-state index contributed by atoms with van der Waals surface area (Å²) in [7, 11) is 0. The molecule has 2 heterocycles. The van der Waals surface area contributed by atoms with Crippen molar-refractivity contribution in [3.63, 3.8) is 0 Å². The van der Waals surface area contributed by atoms with E-state index in [1.54, 1.807) is 0 Å². The fourth-order valence-electron chi connectivity index (χ4n) is 3.48. The number of benzene rings is 1. The number of hydrogen-bond donors (Lipinski definition) is 2. The second kappa shape index (κ2) is 14.0. The fourth-order valence-corrected chi connectivity index (χ4v) is 3.48. The summed E-state index contributed by atoms with van der Waals surface area (Å²) in [4.78, 5) is 14.5. The number of ether oxygens (including phenoxy) is 2. The summed E-state index contributed by atoms with van der Waals surface area (Å²) >= 11 is 0. The lowest BCUT2D eigenvalue weighted by Gasteiger charge is -2.26. The fraction of sp³-hybridized carbons (Fsp3) is 0.650. The summed E-state index contributed by atoms with van der Waals surface area (Å²) in [5, 5.41) is 6.38. The Labute approximate surface area is 180 Å². The highest BCUT2D eigenvalue weighted by molar-refractivity contribution is 5.85. The first-order chi connectivity index (χ1) is 12.8. The number of halogens is 2. The van der Waals surface area contributed by atoms with Gasteiger partial charge < -0.3 is 20.1 Å². The van der Waals surface area contributed by atoms with Gasteiger partial charge in [-0.1, -0.05) is 18.2 Å². The van der Waals surface area contributed by atoms with E-state index >= 15 is 0 Å². The molecule has 1 unspecified atom stereocenters. The Hall–Kier alpha value is -1.05. The second-order valence-electron chi connectivity index (χ2n) is 7.08. The normalized spacial score (nSPS) is 19.4. The molecule has 6 nitrogen and oxygen atoms in total. The van der Waals surface area contributed by atoms with Crippen LogP contribution in [0.5, 0.6) is 5.75 Å². The minimum absolute atomic E-state index is 0. The molecule has 2 aliphatic rings. The van der Waals surface area contributed by atoms with Crippen molar-refractivity contribution in [3.05, 3.63) is 29.8 Å². The van der Waals surface area contributed by atoms with Gasteiger partial charge in [-0.15, -0.1) is 24.8 Å². The lowest BCUT2D eigenvalue weighted by atomic mass is 10.0. The van der Waals surface area contributed by atoms with E-state index in [0.717, 1.165) is 63.7 Å². The summed E-state index contributed by atoms with van der Waals surface area (Å²) in [6.07, 6.45) is 2.76. The van der Waals surface area contributed by atoms with Gasteiger partial charge in [-0.05, 0) is 37.9 Å². The Morgan fingerprint density at radius 1 is 1.25 bits per heavy atom. The Morgan fingerprint density at radius 3 is 2.79 bits per heavy atom. The minimum atomic E-state index is 0. The van der Waals surface area contributed by atoms with Crippen LogP contribution in [0.15, 0.2) is 24.3 Å². The van der Waals surface area contributed by atoms with Crippen LogP contribution in [0, 0.1) is 5.92 Å². The first-order valence-corrected chi connectivity index (χ1v) is 9.79. The SMILES string of the molecule is Cl.Cl.O=C(CCC1CCNC1)NCc1ccccc1OCCN1CCOCC1. The Morgan fingerprint density at radius 2 is 2.04 bits per heavy atom. The Bertz CT molecular complexity index is 565. The van der Waals surface area contributed by atoms with Crippen molar-refractivity contribution in [2.75, 3.05) is 52.5 Å². The molecule has 0 spiro atoms.